The van der Waals surface area contributed by atoms with E-state index in [1.807, 2.05) is 0 Å². The standard InChI is InChI=1S/C10H19NO2/c11-9-3-1-2-4-10(9)13-8-5-6-12-7-8/h8-10H,1-7,11H2. The fraction of sp³-hybridized carbons (Fsp3) is 1.00. The third kappa shape index (κ3) is 2.42. The van der Waals surface area contributed by atoms with E-state index in [4.69, 9.17) is 15.2 Å². The summed E-state index contributed by atoms with van der Waals surface area (Å²) in [6, 6.07) is 0.259. The average molecular weight is 185 g/mol. The summed E-state index contributed by atoms with van der Waals surface area (Å²) in [6.45, 7) is 1.62. The molecule has 2 fully saturated rings. The molecule has 76 valence electrons. The Morgan fingerprint density at radius 1 is 1.15 bits per heavy atom. The number of hydrogen-bond acceptors (Lipinski definition) is 3. The fourth-order valence-corrected chi connectivity index (χ4v) is 2.16. The van der Waals surface area contributed by atoms with Crippen molar-refractivity contribution in [1.29, 1.82) is 0 Å². The molecule has 0 radical (unpaired) electrons. The lowest BCUT2D eigenvalue weighted by Crippen LogP contribution is -2.41. The molecular weight excluding hydrogens is 166 g/mol. The minimum Gasteiger partial charge on any atom is -0.379 e. The van der Waals surface area contributed by atoms with Crippen LogP contribution in [0.25, 0.3) is 0 Å². The van der Waals surface area contributed by atoms with Crippen LogP contribution in [0.4, 0.5) is 0 Å². The zero-order chi connectivity index (χ0) is 9.10. The molecule has 0 aromatic heterocycles. The molecule has 0 aromatic rings. The van der Waals surface area contributed by atoms with Gasteiger partial charge in [-0.1, -0.05) is 12.8 Å². The van der Waals surface area contributed by atoms with Crippen molar-refractivity contribution >= 4 is 0 Å². The maximum Gasteiger partial charge on any atom is 0.0834 e. The highest BCUT2D eigenvalue weighted by atomic mass is 16.6. The smallest absolute Gasteiger partial charge is 0.0834 e. The fourth-order valence-electron chi connectivity index (χ4n) is 2.16. The van der Waals surface area contributed by atoms with Crippen LogP contribution >= 0.6 is 0 Å². The number of nitrogens with two attached hydrogens (primary N) is 1. The first-order valence-corrected chi connectivity index (χ1v) is 5.35. The summed E-state index contributed by atoms with van der Waals surface area (Å²) < 4.78 is 11.2. The summed E-state index contributed by atoms with van der Waals surface area (Å²) in [6.07, 6.45) is 6.45. The largest absolute Gasteiger partial charge is 0.379 e. The quantitative estimate of drug-likeness (QED) is 0.699. The predicted molar refractivity (Wildman–Crippen MR) is 50.5 cm³/mol. The molecule has 0 spiro atoms. The van der Waals surface area contributed by atoms with Crippen LogP contribution < -0.4 is 5.73 Å². The van der Waals surface area contributed by atoms with Crippen LogP contribution in [-0.4, -0.2) is 31.5 Å². The van der Waals surface area contributed by atoms with E-state index in [1.54, 1.807) is 0 Å². The van der Waals surface area contributed by atoms with Crippen molar-refractivity contribution in [3.8, 4) is 0 Å². The molecule has 2 N–H and O–H groups in total. The van der Waals surface area contributed by atoms with Crippen LogP contribution in [0.2, 0.25) is 0 Å². The van der Waals surface area contributed by atoms with Gasteiger partial charge in [0.05, 0.1) is 18.8 Å². The minimum atomic E-state index is 0.259. The van der Waals surface area contributed by atoms with Gasteiger partial charge in [-0.2, -0.15) is 0 Å². The Bertz CT molecular complexity index is 157. The van der Waals surface area contributed by atoms with Crippen molar-refractivity contribution < 1.29 is 9.47 Å². The molecule has 3 unspecified atom stereocenters. The molecule has 1 heterocycles. The minimum absolute atomic E-state index is 0.259. The van der Waals surface area contributed by atoms with Crippen molar-refractivity contribution in [1.82, 2.24) is 0 Å². The summed E-state index contributed by atoms with van der Waals surface area (Å²) in [4.78, 5) is 0. The van der Waals surface area contributed by atoms with Crippen molar-refractivity contribution in [2.24, 2.45) is 5.73 Å². The molecule has 0 aromatic carbocycles. The monoisotopic (exact) mass is 185 g/mol. The second kappa shape index (κ2) is 4.40. The van der Waals surface area contributed by atoms with Gasteiger partial charge in [0.15, 0.2) is 0 Å². The highest BCUT2D eigenvalue weighted by molar-refractivity contribution is 4.80. The molecule has 1 aliphatic carbocycles. The Morgan fingerprint density at radius 3 is 2.69 bits per heavy atom. The Kier molecular flexibility index (Phi) is 3.19. The Labute approximate surface area is 79.6 Å². The molecule has 1 saturated heterocycles. The van der Waals surface area contributed by atoms with Gasteiger partial charge in [0.2, 0.25) is 0 Å². The van der Waals surface area contributed by atoms with E-state index >= 15 is 0 Å². The molecule has 0 amide bonds. The number of hydrogen-bond donors (Lipinski definition) is 1. The van der Waals surface area contributed by atoms with Gasteiger partial charge in [-0.3, -0.25) is 0 Å². The van der Waals surface area contributed by atoms with E-state index in [1.165, 1.54) is 12.8 Å². The van der Waals surface area contributed by atoms with Gasteiger partial charge in [0.1, 0.15) is 0 Å². The van der Waals surface area contributed by atoms with Crippen LogP contribution in [0.3, 0.4) is 0 Å². The first-order chi connectivity index (χ1) is 6.36. The van der Waals surface area contributed by atoms with E-state index in [-0.39, 0.29) is 6.04 Å². The van der Waals surface area contributed by atoms with Crippen molar-refractivity contribution in [3.05, 3.63) is 0 Å². The van der Waals surface area contributed by atoms with Crippen LogP contribution in [0.1, 0.15) is 32.1 Å². The Hall–Kier alpha value is -0.120. The normalized spacial score (nSPS) is 40.8. The number of rotatable bonds is 2. The molecule has 13 heavy (non-hydrogen) atoms. The van der Waals surface area contributed by atoms with Crippen LogP contribution in [0, 0.1) is 0 Å². The zero-order valence-corrected chi connectivity index (χ0v) is 8.08. The van der Waals surface area contributed by atoms with Crippen LogP contribution in [0.15, 0.2) is 0 Å². The lowest BCUT2D eigenvalue weighted by molar-refractivity contribution is -0.0413. The van der Waals surface area contributed by atoms with Crippen molar-refractivity contribution in [3.63, 3.8) is 0 Å². The third-order valence-electron chi connectivity index (χ3n) is 3.01. The van der Waals surface area contributed by atoms with Crippen LogP contribution in [0.5, 0.6) is 0 Å². The molecular formula is C10H19NO2. The molecule has 2 aliphatic rings. The Balaban J connectivity index is 1.78. The van der Waals surface area contributed by atoms with Gasteiger partial charge in [0, 0.05) is 12.6 Å². The predicted octanol–water partition coefficient (Wildman–Crippen LogP) is 1.06. The lowest BCUT2D eigenvalue weighted by Gasteiger charge is -2.30. The van der Waals surface area contributed by atoms with Gasteiger partial charge >= 0.3 is 0 Å². The maximum absolute atomic E-state index is 5.99. The van der Waals surface area contributed by atoms with E-state index < -0.39 is 0 Å². The molecule has 2 rings (SSSR count). The maximum atomic E-state index is 5.99. The van der Waals surface area contributed by atoms with E-state index in [0.717, 1.165) is 32.5 Å². The second-order valence-electron chi connectivity index (χ2n) is 4.11. The van der Waals surface area contributed by atoms with Crippen molar-refractivity contribution in [2.75, 3.05) is 13.2 Å². The highest BCUT2D eigenvalue weighted by Crippen LogP contribution is 2.22. The van der Waals surface area contributed by atoms with Crippen LogP contribution in [-0.2, 0) is 9.47 Å². The lowest BCUT2D eigenvalue weighted by atomic mass is 9.93. The summed E-state index contributed by atoms with van der Waals surface area (Å²) in [5.74, 6) is 0. The summed E-state index contributed by atoms with van der Waals surface area (Å²) in [5.41, 5.74) is 5.99. The summed E-state index contributed by atoms with van der Waals surface area (Å²) >= 11 is 0. The SMILES string of the molecule is NC1CCCCC1OC1CCOC1. The van der Waals surface area contributed by atoms with Gasteiger partial charge in [-0.25, -0.2) is 0 Å². The highest BCUT2D eigenvalue weighted by Gasteiger charge is 2.27. The molecule has 1 aliphatic heterocycles. The Morgan fingerprint density at radius 2 is 2.00 bits per heavy atom. The van der Waals surface area contributed by atoms with Gasteiger partial charge < -0.3 is 15.2 Å². The van der Waals surface area contributed by atoms with Crippen molar-refractivity contribution in [2.45, 2.75) is 50.4 Å². The van der Waals surface area contributed by atoms with E-state index in [0.29, 0.717) is 12.2 Å². The molecule has 0 bridgehead atoms. The number of ether oxygens (including phenoxy) is 2. The topological polar surface area (TPSA) is 44.5 Å². The third-order valence-corrected chi connectivity index (χ3v) is 3.01. The van der Waals surface area contributed by atoms with Gasteiger partial charge in [-0.15, -0.1) is 0 Å². The molecule has 3 atom stereocenters. The summed E-state index contributed by atoms with van der Waals surface area (Å²) in [7, 11) is 0. The second-order valence-corrected chi connectivity index (χ2v) is 4.11. The van der Waals surface area contributed by atoms with Gasteiger partial charge in [0.25, 0.3) is 0 Å². The molecule has 3 heteroatoms. The van der Waals surface area contributed by atoms with E-state index in [9.17, 15) is 0 Å². The first-order valence-electron chi connectivity index (χ1n) is 5.35. The average Bonchev–Trinajstić information content (AvgIpc) is 2.61. The van der Waals surface area contributed by atoms with Gasteiger partial charge in [-0.05, 0) is 19.3 Å². The summed E-state index contributed by atoms with van der Waals surface area (Å²) in [5, 5.41) is 0. The van der Waals surface area contributed by atoms with E-state index in [2.05, 4.69) is 0 Å². The molecule has 1 saturated carbocycles. The first kappa shape index (κ1) is 9.44. The zero-order valence-electron chi connectivity index (χ0n) is 8.08. The molecule has 3 nitrogen and oxygen atoms in total.